The Labute approximate surface area is 236 Å². The molecule has 4 heterocycles. The van der Waals surface area contributed by atoms with E-state index in [1.807, 2.05) is 6.07 Å². The molecule has 0 unspecified atom stereocenters. The van der Waals surface area contributed by atoms with Crippen molar-refractivity contribution >= 4 is 62.0 Å². The van der Waals surface area contributed by atoms with Crippen LogP contribution in [0.2, 0.25) is 0 Å². The van der Waals surface area contributed by atoms with Gasteiger partial charge in [0.05, 0.1) is 16.7 Å². The molecule has 0 saturated carbocycles. The zero-order chi connectivity index (χ0) is 26.7. The Hall–Kier alpha value is -5.42. The zero-order valence-electron chi connectivity index (χ0n) is 21.9. The number of anilines is 3. The minimum atomic E-state index is 0.0116. The Balaban J connectivity index is 1.36. The highest BCUT2D eigenvalue weighted by Crippen LogP contribution is 2.47. The SMILES string of the molecule is c1ccc(N(c2ccccc2)c2ccc3c4c2Oc2cccc5c2B4c2c(ccc4c6ccccc6n-3c24)O5)cc1. The largest absolute Gasteiger partial charge is 0.458 e. The van der Waals surface area contributed by atoms with Crippen LogP contribution in [0.4, 0.5) is 17.1 Å². The molecule has 0 spiro atoms. The molecule has 5 heteroatoms. The van der Waals surface area contributed by atoms with E-state index in [2.05, 4.69) is 131 Å². The van der Waals surface area contributed by atoms with Gasteiger partial charge in [-0.15, -0.1) is 0 Å². The summed E-state index contributed by atoms with van der Waals surface area (Å²) in [5.74, 6) is 3.53. The number of rotatable bonds is 3. The van der Waals surface area contributed by atoms with Crippen molar-refractivity contribution in [3.8, 4) is 28.7 Å². The lowest BCUT2D eigenvalue weighted by atomic mass is 9.33. The predicted molar refractivity (Wildman–Crippen MR) is 167 cm³/mol. The number of benzene rings is 6. The van der Waals surface area contributed by atoms with Gasteiger partial charge in [0.25, 0.3) is 6.71 Å². The van der Waals surface area contributed by atoms with Crippen LogP contribution < -0.4 is 30.8 Å². The molecule has 0 radical (unpaired) electrons. The van der Waals surface area contributed by atoms with E-state index in [1.54, 1.807) is 0 Å². The highest BCUT2D eigenvalue weighted by Gasteiger charge is 2.47. The topological polar surface area (TPSA) is 26.6 Å². The molecule has 3 aliphatic heterocycles. The molecule has 10 rings (SSSR count). The van der Waals surface area contributed by atoms with Crippen molar-refractivity contribution in [2.45, 2.75) is 0 Å². The fraction of sp³-hybridized carbons (Fsp3) is 0. The lowest BCUT2D eigenvalue weighted by Gasteiger charge is -2.39. The van der Waals surface area contributed by atoms with E-state index in [-0.39, 0.29) is 6.71 Å². The molecule has 0 amide bonds. The van der Waals surface area contributed by atoms with E-state index >= 15 is 0 Å². The number of hydrogen-bond donors (Lipinski definition) is 0. The molecule has 0 aliphatic carbocycles. The summed E-state index contributed by atoms with van der Waals surface area (Å²) in [6.45, 7) is 0.0116. The van der Waals surface area contributed by atoms with Crippen molar-refractivity contribution in [3.63, 3.8) is 0 Å². The third-order valence-electron chi connectivity index (χ3n) is 8.82. The highest BCUT2D eigenvalue weighted by atomic mass is 16.5. The van der Waals surface area contributed by atoms with Gasteiger partial charge in [-0.25, -0.2) is 0 Å². The molecule has 3 aliphatic rings. The fourth-order valence-electron chi connectivity index (χ4n) is 7.25. The van der Waals surface area contributed by atoms with Crippen LogP contribution in [0.3, 0.4) is 0 Å². The first kappa shape index (κ1) is 21.4. The van der Waals surface area contributed by atoms with Gasteiger partial charge in [0.15, 0.2) is 0 Å². The molecule has 190 valence electrons. The molecule has 0 N–H and O–H groups in total. The molecule has 0 atom stereocenters. The smallest absolute Gasteiger partial charge is 0.266 e. The van der Waals surface area contributed by atoms with E-state index < -0.39 is 0 Å². The third kappa shape index (κ3) is 2.66. The molecule has 0 fully saturated rings. The summed E-state index contributed by atoms with van der Waals surface area (Å²) in [6.07, 6.45) is 0. The zero-order valence-corrected chi connectivity index (χ0v) is 21.9. The lowest BCUT2D eigenvalue weighted by Crippen LogP contribution is -2.60. The standard InChI is InChI=1S/C36H21BN2O2/c1-3-10-22(11-4-1)38(23-12-5-2-6-13-23)28-20-19-27-32-36(28)41-30-17-9-16-29-33(30)37(32)34-31(40-29)21-18-25-24-14-7-8-15-26(24)39(27)35(25)34/h1-21H. The maximum Gasteiger partial charge on any atom is 0.266 e. The summed E-state index contributed by atoms with van der Waals surface area (Å²) in [4.78, 5) is 2.30. The normalized spacial score (nSPS) is 13.2. The van der Waals surface area contributed by atoms with Crippen LogP contribution in [0.5, 0.6) is 23.0 Å². The molecule has 7 aromatic rings. The molecule has 41 heavy (non-hydrogen) atoms. The summed E-state index contributed by atoms with van der Waals surface area (Å²) in [6, 6.07) is 44.8. The molecule has 0 bridgehead atoms. The van der Waals surface area contributed by atoms with Crippen molar-refractivity contribution in [1.29, 1.82) is 0 Å². The monoisotopic (exact) mass is 524 g/mol. The number of nitrogens with zero attached hydrogens (tertiary/aromatic N) is 2. The molecule has 0 saturated heterocycles. The summed E-state index contributed by atoms with van der Waals surface area (Å²) in [5.41, 5.74) is 10.3. The summed E-state index contributed by atoms with van der Waals surface area (Å²) in [5, 5.41) is 2.50. The number of aromatic nitrogens is 1. The van der Waals surface area contributed by atoms with Crippen molar-refractivity contribution in [3.05, 3.63) is 127 Å². The van der Waals surface area contributed by atoms with Crippen molar-refractivity contribution in [2.75, 3.05) is 4.90 Å². The van der Waals surface area contributed by atoms with E-state index in [9.17, 15) is 0 Å². The Kier molecular flexibility index (Phi) is 3.98. The van der Waals surface area contributed by atoms with Crippen molar-refractivity contribution < 1.29 is 9.47 Å². The maximum absolute atomic E-state index is 6.95. The Morgan fingerprint density at radius 1 is 0.512 bits per heavy atom. The second-order valence-corrected chi connectivity index (χ2v) is 10.9. The van der Waals surface area contributed by atoms with Crippen LogP contribution in [0.15, 0.2) is 127 Å². The van der Waals surface area contributed by atoms with Gasteiger partial charge >= 0.3 is 0 Å². The maximum atomic E-state index is 6.95. The van der Waals surface area contributed by atoms with Gasteiger partial charge < -0.3 is 18.9 Å². The molecule has 4 nitrogen and oxygen atoms in total. The van der Waals surface area contributed by atoms with Gasteiger partial charge in [0.2, 0.25) is 0 Å². The number of para-hydroxylation sites is 3. The Morgan fingerprint density at radius 2 is 1.20 bits per heavy atom. The average Bonchev–Trinajstić information content (AvgIpc) is 3.37. The predicted octanol–water partition coefficient (Wildman–Crippen LogP) is 7.29. The first-order chi connectivity index (χ1) is 20.4. The summed E-state index contributed by atoms with van der Waals surface area (Å²) >= 11 is 0. The van der Waals surface area contributed by atoms with Crippen molar-refractivity contribution in [2.24, 2.45) is 0 Å². The van der Waals surface area contributed by atoms with Crippen LogP contribution in [0.25, 0.3) is 27.5 Å². The lowest BCUT2D eigenvalue weighted by molar-refractivity contribution is 0.465. The quantitative estimate of drug-likeness (QED) is 0.227. The van der Waals surface area contributed by atoms with E-state index in [1.165, 1.54) is 32.7 Å². The first-order valence-corrected chi connectivity index (χ1v) is 14.0. The van der Waals surface area contributed by atoms with Gasteiger partial charge in [-0.05, 0) is 77.7 Å². The minimum absolute atomic E-state index is 0.0116. The molecular formula is C36H21BN2O2. The third-order valence-corrected chi connectivity index (χ3v) is 8.82. The Bertz CT molecular complexity index is 2180. The number of hydrogen-bond acceptors (Lipinski definition) is 3. The van der Waals surface area contributed by atoms with Crippen LogP contribution in [-0.2, 0) is 0 Å². The van der Waals surface area contributed by atoms with Crippen LogP contribution in [0.1, 0.15) is 0 Å². The van der Waals surface area contributed by atoms with Gasteiger partial charge in [-0.2, -0.15) is 0 Å². The van der Waals surface area contributed by atoms with Crippen molar-refractivity contribution in [1.82, 2.24) is 4.57 Å². The van der Waals surface area contributed by atoms with Gasteiger partial charge in [0.1, 0.15) is 23.0 Å². The van der Waals surface area contributed by atoms with Crippen LogP contribution >= 0.6 is 0 Å². The highest BCUT2D eigenvalue weighted by molar-refractivity contribution is 7.00. The van der Waals surface area contributed by atoms with Crippen LogP contribution in [0, 0.1) is 0 Å². The van der Waals surface area contributed by atoms with E-state index in [4.69, 9.17) is 9.47 Å². The first-order valence-electron chi connectivity index (χ1n) is 14.0. The Morgan fingerprint density at radius 3 is 1.98 bits per heavy atom. The summed E-state index contributed by atoms with van der Waals surface area (Å²) in [7, 11) is 0. The summed E-state index contributed by atoms with van der Waals surface area (Å²) < 4.78 is 16.0. The second-order valence-electron chi connectivity index (χ2n) is 10.9. The molecular weight excluding hydrogens is 503 g/mol. The van der Waals surface area contributed by atoms with Gasteiger partial charge in [-0.3, -0.25) is 0 Å². The second kappa shape index (κ2) is 7.61. The average molecular weight is 524 g/mol. The molecule has 1 aromatic heterocycles. The number of fused-ring (bicyclic) bond motifs is 4. The van der Waals surface area contributed by atoms with Gasteiger partial charge in [0, 0.05) is 33.3 Å². The van der Waals surface area contributed by atoms with Gasteiger partial charge in [-0.1, -0.05) is 60.7 Å². The minimum Gasteiger partial charge on any atom is -0.458 e. The molecule has 6 aromatic carbocycles. The van der Waals surface area contributed by atoms with E-state index in [0.717, 1.165) is 51.2 Å². The van der Waals surface area contributed by atoms with E-state index in [0.29, 0.717) is 0 Å². The fourth-order valence-corrected chi connectivity index (χ4v) is 7.25. The van der Waals surface area contributed by atoms with Crippen LogP contribution in [-0.4, -0.2) is 11.3 Å². The number of ether oxygens (including phenoxy) is 2.